The molecule has 1 aromatic carbocycles. The highest BCUT2D eigenvalue weighted by atomic mass is 16.5. The molecular weight excluding hydrogens is 256 g/mol. The number of hydrogen-bond acceptors (Lipinski definition) is 4. The van der Waals surface area contributed by atoms with Crippen molar-refractivity contribution in [1.82, 2.24) is 5.32 Å². The van der Waals surface area contributed by atoms with Crippen molar-refractivity contribution in [2.75, 3.05) is 26.3 Å². The molecule has 1 rings (SSSR count). The summed E-state index contributed by atoms with van der Waals surface area (Å²) in [5.41, 5.74) is 5.91. The molecule has 0 aliphatic heterocycles. The highest BCUT2D eigenvalue weighted by Gasteiger charge is 2.06. The van der Waals surface area contributed by atoms with Crippen molar-refractivity contribution < 1.29 is 14.3 Å². The van der Waals surface area contributed by atoms with Gasteiger partial charge in [-0.2, -0.15) is 0 Å². The van der Waals surface area contributed by atoms with E-state index in [-0.39, 0.29) is 12.0 Å². The number of carbonyl (C=O) groups excluding carboxylic acids is 1. The molecule has 0 radical (unpaired) electrons. The van der Waals surface area contributed by atoms with Crippen molar-refractivity contribution >= 4 is 5.91 Å². The monoisotopic (exact) mass is 280 g/mol. The first-order valence-electron chi connectivity index (χ1n) is 6.96. The highest BCUT2D eigenvalue weighted by Crippen LogP contribution is 2.14. The molecule has 0 saturated carbocycles. The Morgan fingerprint density at radius 1 is 1.35 bits per heavy atom. The molecule has 20 heavy (non-hydrogen) atoms. The van der Waals surface area contributed by atoms with Crippen LogP contribution in [0.2, 0.25) is 0 Å². The van der Waals surface area contributed by atoms with Crippen molar-refractivity contribution in [3.63, 3.8) is 0 Å². The SMILES string of the molecule is CC(C)Oc1cccc(C(=O)NCCCOCCN)c1. The Bertz CT molecular complexity index is 408. The molecule has 0 aromatic heterocycles. The Morgan fingerprint density at radius 3 is 2.85 bits per heavy atom. The van der Waals surface area contributed by atoms with E-state index in [0.29, 0.717) is 37.6 Å². The summed E-state index contributed by atoms with van der Waals surface area (Å²) in [6.45, 7) is 6.17. The van der Waals surface area contributed by atoms with Crippen LogP contribution in [0.3, 0.4) is 0 Å². The van der Waals surface area contributed by atoms with Crippen LogP contribution in [0.5, 0.6) is 5.75 Å². The zero-order chi connectivity index (χ0) is 14.8. The quantitative estimate of drug-likeness (QED) is 0.673. The van der Waals surface area contributed by atoms with Crippen molar-refractivity contribution in [3.05, 3.63) is 29.8 Å². The standard InChI is InChI=1S/C15H24N2O3/c1-12(2)20-14-6-3-5-13(11-14)15(18)17-8-4-9-19-10-7-16/h3,5-6,11-12H,4,7-10,16H2,1-2H3,(H,17,18). The molecule has 0 atom stereocenters. The topological polar surface area (TPSA) is 73.6 Å². The second-order valence-corrected chi connectivity index (χ2v) is 4.70. The van der Waals surface area contributed by atoms with Gasteiger partial charge < -0.3 is 20.5 Å². The predicted octanol–water partition coefficient (Wildman–Crippen LogP) is 1.57. The fourth-order valence-electron chi connectivity index (χ4n) is 1.65. The first kappa shape index (κ1) is 16.5. The number of benzene rings is 1. The second-order valence-electron chi connectivity index (χ2n) is 4.70. The lowest BCUT2D eigenvalue weighted by Gasteiger charge is -2.11. The van der Waals surface area contributed by atoms with Crippen LogP contribution in [0.4, 0.5) is 0 Å². The van der Waals surface area contributed by atoms with E-state index in [0.717, 1.165) is 6.42 Å². The van der Waals surface area contributed by atoms with E-state index < -0.39 is 0 Å². The maximum atomic E-state index is 11.9. The van der Waals surface area contributed by atoms with Gasteiger partial charge in [-0.05, 0) is 38.5 Å². The van der Waals surface area contributed by atoms with Crippen LogP contribution in [-0.4, -0.2) is 38.3 Å². The third-order valence-electron chi connectivity index (χ3n) is 2.48. The van der Waals surface area contributed by atoms with Gasteiger partial charge >= 0.3 is 0 Å². The smallest absolute Gasteiger partial charge is 0.251 e. The average Bonchev–Trinajstić information content (AvgIpc) is 2.42. The summed E-state index contributed by atoms with van der Waals surface area (Å²) >= 11 is 0. The number of nitrogens with two attached hydrogens (primary N) is 1. The average molecular weight is 280 g/mol. The van der Waals surface area contributed by atoms with Crippen LogP contribution >= 0.6 is 0 Å². The maximum Gasteiger partial charge on any atom is 0.251 e. The van der Waals surface area contributed by atoms with E-state index in [1.807, 2.05) is 26.0 Å². The van der Waals surface area contributed by atoms with E-state index in [4.69, 9.17) is 15.2 Å². The Labute approximate surface area is 120 Å². The van der Waals surface area contributed by atoms with E-state index in [2.05, 4.69) is 5.32 Å². The molecule has 1 amide bonds. The molecule has 0 spiro atoms. The Kier molecular flexibility index (Phi) is 7.69. The summed E-state index contributed by atoms with van der Waals surface area (Å²) in [6, 6.07) is 7.18. The molecule has 0 unspecified atom stereocenters. The molecule has 0 heterocycles. The molecule has 112 valence electrons. The van der Waals surface area contributed by atoms with E-state index >= 15 is 0 Å². The minimum Gasteiger partial charge on any atom is -0.491 e. The highest BCUT2D eigenvalue weighted by molar-refractivity contribution is 5.94. The van der Waals surface area contributed by atoms with Crippen molar-refractivity contribution in [2.24, 2.45) is 5.73 Å². The lowest BCUT2D eigenvalue weighted by Crippen LogP contribution is -2.25. The number of carbonyl (C=O) groups is 1. The van der Waals surface area contributed by atoms with Gasteiger partial charge in [0.1, 0.15) is 5.75 Å². The normalized spacial score (nSPS) is 10.6. The first-order valence-corrected chi connectivity index (χ1v) is 6.96. The third-order valence-corrected chi connectivity index (χ3v) is 2.48. The molecule has 0 aliphatic carbocycles. The van der Waals surface area contributed by atoms with Gasteiger partial charge in [0, 0.05) is 25.3 Å². The lowest BCUT2D eigenvalue weighted by molar-refractivity contribution is 0.0942. The van der Waals surface area contributed by atoms with Gasteiger partial charge in [0.25, 0.3) is 5.91 Å². The molecule has 0 aliphatic rings. The van der Waals surface area contributed by atoms with Gasteiger partial charge in [-0.15, -0.1) is 0 Å². The second kappa shape index (κ2) is 9.34. The number of ether oxygens (including phenoxy) is 2. The molecule has 0 bridgehead atoms. The minimum atomic E-state index is -0.0990. The summed E-state index contributed by atoms with van der Waals surface area (Å²) in [5, 5.41) is 2.85. The summed E-state index contributed by atoms with van der Waals surface area (Å²) in [4.78, 5) is 11.9. The third kappa shape index (κ3) is 6.54. The molecule has 5 nitrogen and oxygen atoms in total. The van der Waals surface area contributed by atoms with Gasteiger partial charge in [0.15, 0.2) is 0 Å². The fourth-order valence-corrected chi connectivity index (χ4v) is 1.65. The van der Waals surface area contributed by atoms with E-state index in [9.17, 15) is 4.79 Å². The predicted molar refractivity (Wildman–Crippen MR) is 79.0 cm³/mol. The molecule has 0 fully saturated rings. The van der Waals surface area contributed by atoms with Crippen LogP contribution < -0.4 is 15.8 Å². The largest absolute Gasteiger partial charge is 0.491 e. The molecule has 1 aromatic rings. The lowest BCUT2D eigenvalue weighted by atomic mass is 10.2. The van der Waals surface area contributed by atoms with Crippen LogP contribution in [0.1, 0.15) is 30.6 Å². The summed E-state index contributed by atoms with van der Waals surface area (Å²) in [7, 11) is 0. The maximum absolute atomic E-state index is 11.9. The van der Waals surface area contributed by atoms with Crippen LogP contribution in [0, 0.1) is 0 Å². The molecular formula is C15H24N2O3. The summed E-state index contributed by atoms with van der Waals surface area (Å²) < 4.78 is 10.8. The fraction of sp³-hybridized carbons (Fsp3) is 0.533. The number of amides is 1. The summed E-state index contributed by atoms with van der Waals surface area (Å²) in [6.07, 6.45) is 0.862. The Hall–Kier alpha value is -1.59. The zero-order valence-corrected chi connectivity index (χ0v) is 12.2. The van der Waals surface area contributed by atoms with Gasteiger partial charge in [-0.1, -0.05) is 6.07 Å². The van der Waals surface area contributed by atoms with Crippen LogP contribution in [-0.2, 0) is 4.74 Å². The van der Waals surface area contributed by atoms with E-state index in [1.165, 1.54) is 0 Å². The van der Waals surface area contributed by atoms with E-state index in [1.54, 1.807) is 12.1 Å². The molecule has 5 heteroatoms. The van der Waals surface area contributed by atoms with Gasteiger partial charge in [0.05, 0.1) is 12.7 Å². The van der Waals surface area contributed by atoms with Crippen LogP contribution in [0.25, 0.3) is 0 Å². The van der Waals surface area contributed by atoms with Crippen LogP contribution in [0.15, 0.2) is 24.3 Å². The Morgan fingerprint density at radius 2 is 2.15 bits per heavy atom. The number of nitrogens with one attached hydrogen (secondary N) is 1. The summed E-state index contributed by atoms with van der Waals surface area (Å²) in [5.74, 6) is 0.608. The van der Waals surface area contributed by atoms with Crippen molar-refractivity contribution in [1.29, 1.82) is 0 Å². The number of hydrogen-bond donors (Lipinski definition) is 2. The van der Waals surface area contributed by atoms with Crippen molar-refractivity contribution in [3.8, 4) is 5.75 Å². The van der Waals surface area contributed by atoms with Gasteiger partial charge in [0.2, 0.25) is 0 Å². The molecule has 3 N–H and O–H groups in total. The van der Waals surface area contributed by atoms with Gasteiger partial charge in [-0.3, -0.25) is 4.79 Å². The Balaban J connectivity index is 2.35. The molecule has 0 saturated heterocycles. The van der Waals surface area contributed by atoms with Gasteiger partial charge in [-0.25, -0.2) is 0 Å². The van der Waals surface area contributed by atoms with Crippen molar-refractivity contribution in [2.45, 2.75) is 26.4 Å². The zero-order valence-electron chi connectivity index (χ0n) is 12.2. The minimum absolute atomic E-state index is 0.0907. The first-order chi connectivity index (χ1) is 9.63. The number of rotatable bonds is 9.